The maximum Gasteiger partial charge on any atom is 0.463 e. The number of hydrogen-bond donors (Lipinski definition) is 0. The Bertz CT molecular complexity index is 474. The number of sulfonamides is 1. The van der Waals surface area contributed by atoms with Gasteiger partial charge in [-0.05, 0) is 18.4 Å². The first-order valence-electron chi connectivity index (χ1n) is 5.76. The van der Waals surface area contributed by atoms with E-state index >= 15 is 0 Å². The van der Waals surface area contributed by atoms with Crippen molar-refractivity contribution in [2.45, 2.75) is 25.2 Å². The summed E-state index contributed by atoms with van der Waals surface area (Å²) in [7, 11) is -5.44. The Labute approximate surface area is 114 Å². The standard InChI is InChI=1S/C9H15F2N3O5S/c1-7(2)19-8(15)9(10,11)20(16,17)13-12-14-3-5-18-6-4-14/h7H,3-6H2,1-2H3/b13-12+. The Balaban J connectivity index is 2.80. The van der Waals surface area contributed by atoms with Gasteiger partial charge in [-0.3, -0.25) is 5.01 Å². The van der Waals surface area contributed by atoms with E-state index in [2.05, 4.69) is 14.5 Å². The lowest BCUT2D eigenvalue weighted by Crippen LogP contribution is -2.39. The first-order chi connectivity index (χ1) is 9.17. The molecule has 1 aliphatic heterocycles. The van der Waals surface area contributed by atoms with Crippen LogP contribution in [0.2, 0.25) is 0 Å². The van der Waals surface area contributed by atoms with Crippen molar-refractivity contribution >= 4 is 16.0 Å². The SMILES string of the molecule is CC(C)OC(=O)C(F)(F)S(=O)(=O)/N=N/N1CCOCC1. The van der Waals surface area contributed by atoms with Gasteiger partial charge in [0.15, 0.2) is 0 Å². The Kier molecular flexibility index (Phi) is 5.34. The Morgan fingerprint density at radius 1 is 1.35 bits per heavy atom. The predicted molar refractivity (Wildman–Crippen MR) is 62.3 cm³/mol. The second kappa shape index (κ2) is 6.39. The number of alkyl halides is 2. The molecule has 0 N–H and O–H groups in total. The molecule has 1 heterocycles. The quantitative estimate of drug-likeness (QED) is 0.543. The molecule has 1 fully saturated rings. The van der Waals surface area contributed by atoms with Crippen molar-refractivity contribution in [1.29, 1.82) is 0 Å². The van der Waals surface area contributed by atoms with Crippen molar-refractivity contribution in [2.75, 3.05) is 26.3 Å². The van der Waals surface area contributed by atoms with Gasteiger partial charge in [0.25, 0.3) is 0 Å². The highest BCUT2D eigenvalue weighted by Crippen LogP contribution is 2.26. The number of rotatable bonds is 5. The fraction of sp³-hybridized carbons (Fsp3) is 0.889. The number of esters is 1. The van der Waals surface area contributed by atoms with Crippen molar-refractivity contribution in [1.82, 2.24) is 5.01 Å². The minimum atomic E-state index is -5.44. The average molecular weight is 315 g/mol. The van der Waals surface area contributed by atoms with E-state index in [0.29, 0.717) is 0 Å². The first-order valence-corrected chi connectivity index (χ1v) is 7.20. The number of carbonyl (C=O) groups is 1. The van der Waals surface area contributed by atoms with E-state index in [4.69, 9.17) is 4.74 Å². The van der Waals surface area contributed by atoms with Crippen molar-refractivity contribution < 1.29 is 31.5 Å². The molecule has 0 radical (unpaired) electrons. The first kappa shape index (κ1) is 16.7. The molecule has 0 spiro atoms. The number of hydrogen-bond acceptors (Lipinski definition) is 6. The van der Waals surface area contributed by atoms with Crippen LogP contribution in [0.25, 0.3) is 0 Å². The van der Waals surface area contributed by atoms with E-state index in [0.717, 1.165) is 5.01 Å². The van der Waals surface area contributed by atoms with Crippen LogP contribution >= 0.6 is 0 Å². The third kappa shape index (κ3) is 4.07. The lowest BCUT2D eigenvalue weighted by molar-refractivity contribution is -0.164. The summed E-state index contributed by atoms with van der Waals surface area (Å²) in [4.78, 5) is 11.1. The molecular weight excluding hydrogens is 300 g/mol. The molecule has 1 saturated heterocycles. The van der Waals surface area contributed by atoms with E-state index in [9.17, 15) is 22.0 Å². The minimum Gasteiger partial charge on any atom is -0.458 e. The summed E-state index contributed by atoms with van der Waals surface area (Å²) in [6.45, 7) is 3.64. The number of halogens is 2. The monoisotopic (exact) mass is 315 g/mol. The molecule has 116 valence electrons. The molecule has 8 nitrogen and oxygen atoms in total. The molecule has 0 aliphatic carbocycles. The largest absolute Gasteiger partial charge is 0.463 e. The second-order valence-electron chi connectivity index (χ2n) is 4.18. The van der Waals surface area contributed by atoms with E-state index in [-0.39, 0.29) is 26.3 Å². The summed E-state index contributed by atoms with van der Waals surface area (Å²) < 4.78 is 61.3. The highest BCUT2D eigenvalue weighted by atomic mass is 32.2. The summed E-state index contributed by atoms with van der Waals surface area (Å²) >= 11 is 0. The topological polar surface area (TPSA) is 97.6 Å². The van der Waals surface area contributed by atoms with Crippen LogP contribution in [0.4, 0.5) is 8.78 Å². The number of morpholine rings is 1. The fourth-order valence-corrected chi connectivity index (χ4v) is 1.74. The molecule has 0 aromatic carbocycles. The van der Waals surface area contributed by atoms with Crippen molar-refractivity contribution in [3.05, 3.63) is 0 Å². The van der Waals surface area contributed by atoms with Gasteiger partial charge >= 0.3 is 21.2 Å². The molecule has 0 unspecified atom stereocenters. The number of ether oxygens (including phenoxy) is 2. The zero-order valence-corrected chi connectivity index (χ0v) is 11.8. The minimum absolute atomic E-state index is 0.223. The van der Waals surface area contributed by atoms with Crippen LogP contribution < -0.4 is 0 Å². The van der Waals surface area contributed by atoms with Crippen molar-refractivity contribution in [2.24, 2.45) is 9.74 Å². The van der Waals surface area contributed by atoms with Gasteiger partial charge in [0.2, 0.25) is 0 Å². The van der Waals surface area contributed by atoms with Crippen LogP contribution in [-0.4, -0.2) is 57.1 Å². The van der Waals surface area contributed by atoms with Crippen molar-refractivity contribution in [3.8, 4) is 0 Å². The van der Waals surface area contributed by atoms with Gasteiger partial charge in [0, 0.05) is 0 Å². The van der Waals surface area contributed by atoms with Crippen LogP contribution in [0.1, 0.15) is 13.8 Å². The van der Waals surface area contributed by atoms with Gasteiger partial charge in [-0.15, -0.1) is 0 Å². The molecule has 0 aromatic rings. The smallest absolute Gasteiger partial charge is 0.458 e. The molecule has 0 atom stereocenters. The van der Waals surface area contributed by atoms with Crippen LogP contribution in [0.5, 0.6) is 0 Å². The molecule has 1 rings (SSSR count). The molecular formula is C9H15F2N3O5S. The Hall–Kier alpha value is -1.36. The van der Waals surface area contributed by atoms with Gasteiger partial charge < -0.3 is 9.47 Å². The van der Waals surface area contributed by atoms with Crippen molar-refractivity contribution in [3.63, 3.8) is 0 Å². The Morgan fingerprint density at radius 3 is 2.40 bits per heavy atom. The molecule has 11 heteroatoms. The van der Waals surface area contributed by atoms with Gasteiger partial charge in [-0.2, -0.15) is 17.2 Å². The van der Waals surface area contributed by atoms with Gasteiger partial charge in [-0.25, -0.2) is 4.79 Å². The third-order valence-electron chi connectivity index (χ3n) is 2.16. The molecule has 0 saturated carbocycles. The lowest BCUT2D eigenvalue weighted by Gasteiger charge is -2.22. The normalized spacial score (nSPS) is 17.8. The van der Waals surface area contributed by atoms with Gasteiger partial charge in [0.05, 0.1) is 32.4 Å². The number of carbonyl (C=O) groups excluding carboxylic acids is 1. The van der Waals surface area contributed by atoms with E-state index in [1.165, 1.54) is 13.8 Å². The zero-order valence-electron chi connectivity index (χ0n) is 11.0. The highest BCUT2D eigenvalue weighted by molar-refractivity contribution is 7.91. The van der Waals surface area contributed by atoms with Crippen LogP contribution in [0.3, 0.4) is 0 Å². The molecule has 1 aliphatic rings. The average Bonchev–Trinajstić information content (AvgIpc) is 2.36. The maximum atomic E-state index is 13.5. The molecule has 0 aromatic heterocycles. The summed E-state index contributed by atoms with van der Waals surface area (Å²) in [5, 5.41) is -0.428. The second-order valence-corrected chi connectivity index (χ2v) is 5.81. The summed E-state index contributed by atoms with van der Waals surface area (Å²) in [5.74, 6) is -2.17. The summed E-state index contributed by atoms with van der Waals surface area (Å²) in [6.07, 6.45) is -0.875. The Morgan fingerprint density at radius 2 is 1.90 bits per heavy atom. The fourth-order valence-electron chi connectivity index (χ4n) is 1.18. The highest BCUT2D eigenvalue weighted by Gasteiger charge is 2.55. The van der Waals surface area contributed by atoms with Crippen LogP contribution in [0, 0.1) is 0 Å². The third-order valence-corrected chi connectivity index (χ3v) is 3.26. The van der Waals surface area contributed by atoms with Crippen LogP contribution in [-0.2, 0) is 24.3 Å². The molecule has 20 heavy (non-hydrogen) atoms. The number of nitrogens with zero attached hydrogens (tertiary/aromatic N) is 3. The van der Waals surface area contributed by atoms with Crippen LogP contribution in [0.15, 0.2) is 9.74 Å². The van der Waals surface area contributed by atoms with E-state index in [1.807, 2.05) is 0 Å². The van der Waals surface area contributed by atoms with E-state index < -0.39 is 27.4 Å². The lowest BCUT2D eigenvalue weighted by atomic mass is 10.5. The summed E-state index contributed by atoms with van der Waals surface area (Å²) in [6, 6.07) is 0. The molecule has 0 amide bonds. The predicted octanol–water partition coefficient (Wildman–Crippen LogP) is 0.560. The van der Waals surface area contributed by atoms with Gasteiger partial charge in [0.1, 0.15) is 0 Å². The van der Waals surface area contributed by atoms with Gasteiger partial charge in [-0.1, -0.05) is 5.22 Å². The zero-order chi connectivity index (χ0) is 15.4. The maximum absolute atomic E-state index is 13.5. The van der Waals surface area contributed by atoms with E-state index in [1.54, 1.807) is 0 Å². The molecule has 0 bridgehead atoms. The summed E-state index contributed by atoms with van der Waals surface area (Å²) in [5.41, 5.74) is 0.